The normalized spacial score (nSPS) is 48.9. The molecule has 2 rings (SSSR count). The van der Waals surface area contributed by atoms with E-state index < -0.39 is 5.72 Å². The molecule has 2 aliphatic rings. The van der Waals surface area contributed by atoms with Gasteiger partial charge in [-0.15, -0.1) is 0 Å². The quantitative estimate of drug-likeness (QED) is 0.409. The molecule has 0 amide bonds. The monoisotopic (exact) mass is 184 g/mol. The van der Waals surface area contributed by atoms with Crippen molar-refractivity contribution in [3.63, 3.8) is 0 Å². The van der Waals surface area contributed by atoms with Crippen LogP contribution in [0.2, 0.25) is 0 Å². The SMILES string of the molecule is CC1CC2NC2CCC1C(C)(N)O. The predicted molar refractivity (Wildman–Crippen MR) is 52.0 cm³/mol. The summed E-state index contributed by atoms with van der Waals surface area (Å²) in [7, 11) is 0. The zero-order valence-corrected chi connectivity index (χ0v) is 8.46. The van der Waals surface area contributed by atoms with Gasteiger partial charge in [-0.3, -0.25) is 0 Å². The summed E-state index contributed by atoms with van der Waals surface area (Å²) in [4.78, 5) is 0. The van der Waals surface area contributed by atoms with Gasteiger partial charge in [0.2, 0.25) is 0 Å². The van der Waals surface area contributed by atoms with Gasteiger partial charge in [0.15, 0.2) is 0 Å². The van der Waals surface area contributed by atoms with Gasteiger partial charge >= 0.3 is 0 Å². The van der Waals surface area contributed by atoms with Gasteiger partial charge in [0.25, 0.3) is 0 Å². The fourth-order valence-corrected chi connectivity index (χ4v) is 2.81. The second-order valence-corrected chi connectivity index (χ2v) is 5.00. The van der Waals surface area contributed by atoms with E-state index in [1.807, 2.05) is 0 Å². The van der Waals surface area contributed by atoms with Gasteiger partial charge in [0, 0.05) is 18.0 Å². The van der Waals surface area contributed by atoms with E-state index in [0.717, 1.165) is 12.5 Å². The summed E-state index contributed by atoms with van der Waals surface area (Å²) < 4.78 is 0. The molecule has 0 radical (unpaired) electrons. The first-order valence-corrected chi connectivity index (χ1v) is 5.26. The highest BCUT2D eigenvalue weighted by molar-refractivity contribution is 5.03. The first-order chi connectivity index (χ1) is 5.98. The molecule has 1 aliphatic carbocycles. The molecular formula is C10H20N2O. The first kappa shape index (κ1) is 9.44. The van der Waals surface area contributed by atoms with Crippen LogP contribution in [0.1, 0.15) is 33.1 Å². The van der Waals surface area contributed by atoms with Gasteiger partial charge < -0.3 is 16.2 Å². The van der Waals surface area contributed by atoms with Crippen LogP contribution >= 0.6 is 0 Å². The molecule has 1 saturated carbocycles. The summed E-state index contributed by atoms with van der Waals surface area (Å²) >= 11 is 0. The van der Waals surface area contributed by atoms with E-state index in [0.29, 0.717) is 12.0 Å². The van der Waals surface area contributed by atoms with Crippen LogP contribution in [0.25, 0.3) is 0 Å². The number of hydrogen-bond acceptors (Lipinski definition) is 3. The smallest absolute Gasteiger partial charge is 0.113 e. The van der Waals surface area contributed by atoms with Gasteiger partial charge in [-0.2, -0.15) is 0 Å². The number of nitrogens with two attached hydrogens (primary N) is 1. The molecule has 4 N–H and O–H groups in total. The molecule has 1 heterocycles. The Balaban J connectivity index is 2.03. The minimum absolute atomic E-state index is 0.266. The lowest BCUT2D eigenvalue weighted by molar-refractivity contribution is -0.0223. The Kier molecular flexibility index (Phi) is 2.13. The molecule has 5 atom stereocenters. The Bertz CT molecular complexity index is 200. The molecule has 3 nitrogen and oxygen atoms in total. The van der Waals surface area contributed by atoms with Gasteiger partial charge in [-0.25, -0.2) is 0 Å². The number of aliphatic hydroxyl groups is 1. The molecule has 0 aromatic heterocycles. The summed E-state index contributed by atoms with van der Waals surface area (Å²) in [6.45, 7) is 3.94. The van der Waals surface area contributed by atoms with Crippen LogP contribution in [-0.4, -0.2) is 22.9 Å². The van der Waals surface area contributed by atoms with Crippen molar-refractivity contribution in [2.24, 2.45) is 17.6 Å². The minimum atomic E-state index is -0.990. The summed E-state index contributed by atoms with van der Waals surface area (Å²) in [6.07, 6.45) is 3.40. The molecule has 1 saturated heterocycles. The molecule has 1 aliphatic heterocycles. The third-order valence-corrected chi connectivity index (χ3v) is 3.66. The van der Waals surface area contributed by atoms with E-state index in [-0.39, 0.29) is 5.92 Å². The molecule has 2 fully saturated rings. The van der Waals surface area contributed by atoms with Crippen LogP contribution in [0.5, 0.6) is 0 Å². The summed E-state index contributed by atoms with van der Waals surface area (Å²) in [5, 5.41) is 13.2. The second kappa shape index (κ2) is 2.94. The van der Waals surface area contributed by atoms with Crippen molar-refractivity contribution in [3.05, 3.63) is 0 Å². The number of fused-ring (bicyclic) bond motifs is 1. The van der Waals surface area contributed by atoms with Gasteiger partial charge in [-0.05, 0) is 32.1 Å². The van der Waals surface area contributed by atoms with Crippen molar-refractivity contribution >= 4 is 0 Å². The lowest BCUT2D eigenvalue weighted by atomic mass is 9.82. The Morgan fingerprint density at radius 3 is 2.69 bits per heavy atom. The van der Waals surface area contributed by atoms with E-state index in [1.54, 1.807) is 6.92 Å². The maximum atomic E-state index is 9.80. The van der Waals surface area contributed by atoms with Gasteiger partial charge in [0.1, 0.15) is 5.72 Å². The predicted octanol–water partition coefficient (Wildman–Crippen LogP) is 0.430. The molecule has 3 heteroatoms. The van der Waals surface area contributed by atoms with Gasteiger partial charge in [-0.1, -0.05) is 6.92 Å². The van der Waals surface area contributed by atoms with Crippen molar-refractivity contribution in [1.82, 2.24) is 5.32 Å². The largest absolute Gasteiger partial charge is 0.376 e. The number of hydrogen-bond donors (Lipinski definition) is 3. The molecule has 0 bridgehead atoms. The molecule has 0 aromatic rings. The molecule has 13 heavy (non-hydrogen) atoms. The fraction of sp³-hybridized carbons (Fsp3) is 1.00. The van der Waals surface area contributed by atoms with Crippen molar-refractivity contribution < 1.29 is 5.11 Å². The highest BCUT2D eigenvalue weighted by atomic mass is 16.3. The van der Waals surface area contributed by atoms with Crippen LogP contribution in [0.15, 0.2) is 0 Å². The number of rotatable bonds is 1. The average molecular weight is 184 g/mol. The standard InChI is InChI=1S/C10H20N2O/c1-6-5-9-8(12-9)4-3-7(6)10(2,11)13/h6-9,12-13H,3-5,11H2,1-2H3. The maximum absolute atomic E-state index is 9.80. The third-order valence-electron chi connectivity index (χ3n) is 3.66. The zero-order chi connectivity index (χ0) is 9.64. The van der Waals surface area contributed by atoms with E-state index in [4.69, 9.17) is 5.73 Å². The zero-order valence-electron chi connectivity index (χ0n) is 8.46. The topological polar surface area (TPSA) is 68.2 Å². The Morgan fingerprint density at radius 1 is 1.38 bits per heavy atom. The van der Waals surface area contributed by atoms with Crippen LogP contribution < -0.4 is 11.1 Å². The van der Waals surface area contributed by atoms with E-state index in [9.17, 15) is 5.11 Å². The maximum Gasteiger partial charge on any atom is 0.113 e. The van der Waals surface area contributed by atoms with Crippen LogP contribution in [0.4, 0.5) is 0 Å². The Morgan fingerprint density at radius 2 is 2.08 bits per heavy atom. The molecule has 0 aromatic carbocycles. The molecule has 5 unspecified atom stereocenters. The highest BCUT2D eigenvalue weighted by Gasteiger charge is 2.44. The minimum Gasteiger partial charge on any atom is -0.376 e. The van der Waals surface area contributed by atoms with Crippen molar-refractivity contribution in [3.8, 4) is 0 Å². The van der Waals surface area contributed by atoms with Crippen LogP contribution in [0.3, 0.4) is 0 Å². The summed E-state index contributed by atoms with van der Waals surface area (Å²) in [5.41, 5.74) is 4.78. The fourth-order valence-electron chi connectivity index (χ4n) is 2.81. The Labute approximate surface area is 79.7 Å². The molecular weight excluding hydrogens is 164 g/mol. The summed E-state index contributed by atoms with van der Waals surface area (Å²) in [6, 6.07) is 1.43. The molecule has 0 spiro atoms. The van der Waals surface area contributed by atoms with Crippen molar-refractivity contribution in [1.29, 1.82) is 0 Å². The number of nitrogens with one attached hydrogen (secondary N) is 1. The van der Waals surface area contributed by atoms with Crippen LogP contribution in [-0.2, 0) is 0 Å². The Hall–Kier alpha value is -0.120. The van der Waals surface area contributed by atoms with E-state index >= 15 is 0 Å². The average Bonchev–Trinajstić information content (AvgIpc) is 2.62. The highest BCUT2D eigenvalue weighted by Crippen LogP contribution is 2.38. The van der Waals surface area contributed by atoms with Crippen LogP contribution in [0, 0.1) is 11.8 Å². The van der Waals surface area contributed by atoms with Crippen molar-refractivity contribution in [2.45, 2.75) is 50.9 Å². The third kappa shape index (κ3) is 1.87. The first-order valence-electron chi connectivity index (χ1n) is 5.26. The van der Waals surface area contributed by atoms with E-state index in [2.05, 4.69) is 12.2 Å². The lowest BCUT2D eigenvalue weighted by Crippen LogP contribution is -2.46. The van der Waals surface area contributed by atoms with Gasteiger partial charge in [0.05, 0.1) is 0 Å². The molecule has 76 valence electrons. The second-order valence-electron chi connectivity index (χ2n) is 5.00. The summed E-state index contributed by atoms with van der Waals surface area (Å²) in [5.74, 6) is 0.798. The lowest BCUT2D eigenvalue weighted by Gasteiger charge is -2.33. The van der Waals surface area contributed by atoms with Crippen molar-refractivity contribution in [2.75, 3.05) is 0 Å². The van der Waals surface area contributed by atoms with E-state index in [1.165, 1.54) is 12.8 Å².